The van der Waals surface area contributed by atoms with Crippen molar-refractivity contribution in [2.24, 2.45) is 7.05 Å². The number of rotatable bonds is 2. The highest BCUT2D eigenvalue weighted by Crippen LogP contribution is 2.38. The average Bonchev–Trinajstić information content (AvgIpc) is 2.93. The first-order chi connectivity index (χ1) is 10.5. The minimum atomic E-state index is -0.458. The van der Waals surface area contributed by atoms with Crippen LogP contribution in [0.25, 0.3) is 11.1 Å². The second kappa shape index (κ2) is 5.18. The van der Waals surface area contributed by atoms with Gasteiger partial charge in [-0.2, -0.15) is 5.10 Å². The van der Waals surface area contributed by atoms with Crippen LogP contribution >= 0.6 is 0 Å². The van der Waals surface area contributed by atoms with Crippen LogP contribution in [0, 0.1) is 0 Å². The summed E-state index contributed by atoms with van der Waals surface area (Å²) in [5.74, 6) is -0.604. The fourth-order valence-corrected chi connectivity index (χ4v) is 2.44. The molecule has 0 aliphatic carbocycles. The number of amides is 1. The highest BCUT2D eigenvalue weighted by atomic mass is 16.5. The summed E-state index contributed by atoms with van der Waals surface area (Å²) in [6.45, 7) is 1.78. The number of aromatic nitrogens is 2. The molecule has 114 valence electrons. The van der Waals surface area contributed by atoms with Crippen molar-refractivity contribution >= 4 is 23.3 Å². The normalized spacial score (nSPS) is 16.5. The summed E-state index contributed by atoms with van der Waals surface area (Å²) in [6, 6.07) is 2.99. The number of fused-ring (bicyclic) bond motifs is 1. The predicted octanol–water partition coefficient (Wildman–Crippen LogP) is 1.63. The lowest BCUT2D eigenvalue weighted by Crippen LogP contribution is -2.36. The Hall–Kier alpha value is -2.83. The van der Waals surface area contributed by atoms with Crippen LogP contribution in [-0.2, 0) is 16.6 Å². The molecular weight excluding hydrogens is 284 g/mol. The van der Waals surface area contributed by atoms with Crippen molar-refractivity contribution in [3.63, 3.8) is 0 Å². The zero-order chi connectivity index (χ0) is 15.9. The van der Waals surface area contributed by atoms with E-state index in [9.17, 15) is 9.59 Å². The van der Waals surface area contributed by atoms with Gasteiger partial charge < -0.3 is 15.4 Å². The van der Waals surface area contributed by atoms with E-state index in [0.717, 1.165) is 16.8 Å². The van der Waals surface area contributed by atoms with Gasteiger partial charge in [-0.25, -0.2) is 4.79 Å². The number of esters is 1. The van der Waals surface area contributed by atoms with E-state index in [2.05, 4.69) is 15.7 Å². The van der Waals surface area contributed by atoms with Gasteiger partial charge in [0.05, 0.1) is 30.2 Å². The molecule has 0 bridgehead atoms. The first kappa shape index (κ1) is 14.1. The first-order valence-electron chi connectivity index (χ1n) is 6.82. The van der Waals surface area contributed by atoms with Crippen LogP contribution in [0.1, 0.15) is 17.3 Å². The minimum absolute atomic E-state index is 0.147. The minimum Gasteiger partial charge on any atom is -0.465 e. The van der Waals surface area contributed by atoms with E-state index in [1.165, 1.54) is 7.11 Å². The van der Waals surface area contributed by atoms with E-state index in [4.69, 9.17) is 4.74 Å². The Labute approximate surface area is 127 Å². The van der Waals surface area contributed by atoms with Crippen LogP contribution < -0.4 is 10.6 Å². The fraction of sp³-hybridized carbons (Fsp3) is 0.267. The van der Waals surface area contributed by atoms with Crippen molar-refractivity contribution in [2.75, 3.05) is 17.7 Å². The number of carbonyl (C=O) groups is 2. The lowest BCUT2D eigenvalue weighted by Gasteiger charge is -2.26. The Morgan fingerprint density at radius 2 is 2.18 bits per heavy atom. The van der Waals surface area contributed by atoms with E-state index >= 15 is 0 Å². The van der Waals surface area contributed by atoms with Gasteiger partial charge in [-0.05, 0) is 19.1 Å². The molecule has 1 aliphatic heterocycles. The molecule has 22 heavy (non-hydrogen) atoms. The molecule has 0 spiro atoms. The molecule has 1 aromatic carbocycles. The Morgan fingerprint density at radius 1 is 1.41 bits per heavy atom. The second-order valence-corrected chi connectivity index (χ2v) is 5.20. The molecule has 3 rings (SSSR count). The number of ether oxygens (including phenoxy) is 1. The molecule has 1 amide bonds. The molecule has 7 nitrogen and oxygen atoms in total. The second-order valence-electron chi connectivity index (χ2n) is 5.20. The molecule has 2 heterocycles. The molecule has 2 N–H and O–H groups in total. The van der Waals surface area contributed by atoms with E-state index in [1.807, 2.05) is 13.2 Å². The lowest BCUT2D eigenvalue weighted by atomic mass is 9.99. The largest absolute Gasteiger partial charge is 0.465 e. The van der Waals surface area contributed by atoms with Gasteiger partial charge in [0.15, 0.2) is 0 Å². The lowest BCUT2D eigenvalue weighted by molar-refractivity contribution is -0.116. The third-order valence-electron chi connectivity index (χ3n) is 3.59. The van der Waals surface area contributed by atoms with Crippen LogP contribution in [0.5, 0.6) is 0 Å². The van der Waals surface area contributed by atoms with Crippen molar-refractivity contribution in [2.45, 2.75) is 13.0 Å². The van der Waals surface area contributed by atoms with Crippen LogP contribution in [0.15, 0.2) is 24.5 Å². The molecule has 1 atom stereocenters. The number of nitrogens with zero attached hydrogens (tertiary/aromatic N) is 2. The molecule has 0 radical (unpaired) electrons. The van der Waals surface area contributed by atoms with Crippen molar-refractivity contribution in [1.29, 1.82) is 0 Å². The van der Waals surface area contributed by atoms with Gasteiger partial charge in [0.25, 0.3) is 0 Å². The van der Waals surface area contributed by atoms with Gasteiger partial charge in [0.2, 0.25) is 5.91 Å². The predicted molar refractivity (Wildman–Crippen MR) is 81.7 cm³/mol. The summed E-state index contributed by atoms with van der Waals surface area (Å²) < 4.78 is 6.46. The van der Waals surface area contributed by atoms with Gasteiger partial charge in [0, 0.05) is 24.4 Å². The molecule has 0 saturated carbocycles. The third-order valence-corrected chi connectivity index (χ3v) is 3.59. The van der Waals surface area contributed by atoms with Crippen LogP contribution in [0.2, 0.25) is 0 Å². The maximum Gasteiger partial charge on any atom is 0.337 e. The zero-order valence-corrected chi connectivity index (χ0v) is 12.5. The number of aryl methyl sites for hydroxylation is 1. The van der Waals surface area contributed by atoms with Gasteiger partial charge in [-0.3, -0.25) is 9.48 Å². The smallest absolute Gasteiger partial charge is 0.337 e. The Morgan fingerprint density at radius 3 is 2.82 bits per heavy atom. The van der Waals surface area contributed by atoms with E-state index in [0.29, 0.717) is 11.3 Å². The number of benzene rings is 1. The number of methoxy groups -OCH3 is 1. The maximum absolute atomic E-state index is 11.9. The molecule has 1 aliphatic rings. The quantitative estimate of drug-likeness (QED) is 0.823. The highest BCUT2D eigenvalue weighted by Gasteiger charge is 2.26. The van der Waals surface area contributed by atoms with E-state index in [-0.39, 0.29) is 11.9 Å². The van der Waals surface area contributed by atoms with E-state index in [1.54, 1.807) is 29.9 Å². The molecule has 2 aromatic rings. The summed E-state index contributed by atoms with van der Waals surface area (Å²) in [4.78, 5) is 23.7. The monoisotopic (exact) mass is 300 g/mol. The summed E-state index contributed by atoms with van der Waals surface area (Å²) in [5, 5.41) is 10.1. The number of anilines is 2. The summed E-state index contributed by atoms with van der Waals surface area (Å²) >= 11 is 0. The van der Waals surface area contributed by atoms with Gasteiger partial charge in [-0.1, -0.05) is 0 Å². The van der Waals surface area contributed by atoms with Crippen molar-refractivity contribution in [1.82, 2.24) is 9.78 Å². The molecule has 0 fully saturated rings. The average molecular weight is 300 g/mol. The maximum atomic E-state index is 11.9. The number of nitrogens with one attached hydrogen (secondary N) is 2. The number of carbonyl (C=O) groups excluding carboxylic acids is 2. The highest BCUT2D eigenvalue weighted by molar-refractivity contribution is 6.08. The Kier molecular flexibility index (Phi) is 3.32. The van der Waals surface area contributed by atoms with Crippen LogP contribution in [0.3, 0.4) is 0 Å². The van der Waals surface area contributed by atoms with Crippen LogP contribution in [-0.4, -0.2) is 34.8 Å². The van der Waals surface area contributed by atoms with Crippen molar-refractivity contribution < 1.29 is 14.3 Å². The summed E-state index contributed by atoms with van der Waals surface area (Å²) in [7, 11) is 3.14. The topological polar surface area (TPSA) is 85.2 Å². The standard InChI is InChI=1S/C15H16N4O3/c1-8-14(20)18-12-5-9(15(21)22-3)4-11(13(12)17-8)10-6-16-19(2)7-10/h4-8,17H,1-3H3,(H,18,20). The molecule has 1 unspecified atom stereocenters. The van der Waals surface area contributed by atoms with Gasteiger partial charge in [-0.15, -0.1) is 0 Å². The first-order valence-corrected chi connectivity index (χ1v) is 6.82. The van der Waals surface area contributed by atoms with E-state index < -0.39 is 5.97 Å². The van der Waals surface area contributed by atoms with Crippen molar-refractivity contribution in [3.8, 4) is 11.1 Å². The summed E-state index contributed by atoms with van der Waals surface area (Å²) in [5.41, 5.74) is 3.34. The SMILES string of the molecule is COC(=O)c1cc2c(c(-c3cnn(C)c3)c1)NC(C)C(=O)N2. The van der Waals surface area contributed by atoms with Crippen LogP contribution in [0.4, 0.5) is 11.4 Å². The Balaban J connectivity index is 2.20. The Bertz CT molecular complexity index is 766. The molecule has 7 heteroatoms. The third kappa shape index (κ3) is 2.30. The zero-order valence-electron chi connectivity index (χ0n) is 12.5. The fourth-order valence-electron chi connectivity index (χ4n) is 2.44. The number of hydrogen-bond acceptors (Lipinski definition) is 5. The van der Waals surface area contributed by atoms with Gasteiger partial charge >= 0.3 is 5.97 Å². The van der Waals surface area contributed by atoms with Gasteiger partial charge in [0.1, 0.15) is 6.04 Å². The molecular formula is C15H16N4O3. The van der Waals surface area contributed by atoms with Crippen molar-refractivity contribution in [3.05, 3.63) is 30.1 Å². The number of hydrogen-bond donors (Lipinski definition) is 2. The molecule has 0 saturated heterocycles. The summed E-state index contributed by atoms with van der Waals surface area (Å²) in [6.07, 6.45) is 3.55. The molecule has 1 aromatic heterocycles.